The molecular formula is C15H20N2O3. The minimum atomic E-state index is -0.801. The minimum Gasteiger partial charge on any atom is -0.481 e. The first-order valence-electron chi connectivity index (χ1n) is 6.91. The van der Waals surface area contributed by atoms with Crippen molar-refractivity contribution in [2.45, 2.75) is 32.2 Å². The van der Waals surface area contributed by atoms with Crippen molar-refractivity contribution >= 4 is 17.6 Å². The van der Waals surface area contributed by atoms with Gasteiger partial charge < -0.3 is 15.7 Å². The van der Waals surface area contributed by atoms with Crippen LogP contribution in [0, 0.1) is 5.92 Å². The zero-order valence-electron chi connectivity index (χ0n) is 11.6. The van der Waals surface area contributed by atoms with Gasteiger partial charge in [0.05, 0.1) is 5.92 Å². The summed E-state index contributed by atoms with van der Waals surface area (Å²) in [5, 5.41) is 14.8. The molecule has 1 aromatic carbocycles. The van der Waals surface area contributed by atoms with Gasteiger partial charge in [-0.05, 0) is 44.0 Å². The highest BCUT2D eigenvalue weighted by molar-refractivity contribution is 5.93. The summed E-state index contributed by atoms with van der Waals surface area (Å²) in [6.07, 6.45) is 1.49. The summed E-state index contributed by atoms with van der Waals surface area (Å²) in [5.41, 5.74) is 1.72. The summed E-state index contributed by atoms with van der Waals surface area (Å²) in [7, 11) is 0. The number of anilines is 1. The van der Waals surface area contributed by atoms with Gasteiger partial charge in [-0.1, -0.05) is 12.1 Å². The maximum Gasteiger partial charge on any atom is 0.303 e. The Labute approximate surface area is 118 Å². The Morgan fingerprint density at radius 1 is 1.35 bits per heavy atom. The average molecular weight is 276 g/mol. The van der Waals surface area contributed by atoms with Gasteiger partial charge in [0.2, 0.25) is 5.91 Å². The Bertz CT molecular complexity index is 484. The van der Waals surface area contributed by atoms with Crippen LogP contribution in [0.15, 0.2) is 24.3 Å². The highest BCUT2D eigenvalue weighted by Gasteiger charge is 2.29. The molecule has 108 valence electrons. The number of aliphatic carboxylic acids is 1. The molecule has 1 heterocycles. The molecule has 1 aliphatic rings. The van der Waals surface area contributed by atoms with Crippen LogP contribution in [0.4, 0.5) is 5.69 Å². The smallest absolute Gasteiger partial charge is 0.303 e. The molecule has 5 nitrogen and oxygen atoms in total. The third-order valence-electron chi connectivity index (χ3n) is 3.71. The summed E-state index contributed by atoms with van der Waals surface area (Å²) >= 11 is 0. The monoisotopic (exact) mass is 276 g/mol. The van der Waals surface area contributed by atoms with Gasteiger partial charge in [-0.15, -0.1) is 0 Å². The zero-order chi connectivity index (χ0) is 14.5. The van der Waals surface area contributed by atoms with Crippen molar-refractivity contribution in [2.75, 3.05) is 11.9 Å². The second-order valence-electron chi connectivity index (χ2n) is 5.22. The van der Waals surface area contributed by atoms with E-state index in [4.69, 9.17) is 5.11 Å². The lowest BCUT2D eigenvalue weighted by Crippen LogP contribution is -2.32. The summed E-state index contributed by atoms with van der Waals surface area (Å²) in [6, 6.07) is 7.57. The van der Waals surface area contributed by atoms with E-state index in [1.54, 1.807) is 0 Å². The van der Waals surface area contributed by atoms with Crippen LogP contribution in [-0.4, -0.2) is 29.6 Å². The Morgan fingerprint density at radius 3 is 2.60 bits per heavy atom. The lowest BCUT2D eigenvalue weighted by Gasteiger charge is -2.15. The molecule has 1 fully saturated rings. The van der Waals surface area contributed by atoms with Gasteiger partial charge in [-0.2, -0.15) is 0 Å². The number of carbonyl (C=O) groups is 2. The fourth-order valence-electron chi connectivity index (χ4n) is 2.46. The number of nitrogens with one attached hydrogen (secondary N) is 2. The van der Waals surface area contributed by atoms with Crippen molar-refractivity contribution < 1.29 is 14.7 Å². The third-order valence-corrected chi connectivity index (χ3v) is 3.71. The molecule has 1 saturated heterocycles. The van der Waals surface area contributed by atoms with Crippen molar-refractivity contribution in [1.82, 2.24) is 5.32 Å². The molecule has 3 N–H and O–H groups in total. The molecule has 0 bridgehead atoms. The van der Waals surface area contributed by atoms with E-state index in [1.807, 2.05) is 31.2 Å². The fourth-order valence-corrected chi connectivity index (χ4v) is 2.46. The molecule has 1 amide bonds. The van der Waals surface area contributed by atoms with Gasteiger partial charge in [0.15, 0.2) is 0 Å². The average Bonchev–Trinajstić information content (AvgIpc) is 2.84. The molecule has 2 unspecified atom stereocenters. The summed E-state index contributed by atoms with van der Waals surface area (Å²) < 4.78 is 0. The second kappa shape index (κ2) is 6.52. The number of aryl methyl sites for hydroxylation is 1. The summed E-state index contributed by atoms with van der Waals surface area (Å²) in [4.78, 5) is 22.6. The number of hydrogen-bond acceptors (Lipinski definition) is 3. The number of carboxylic acid groups (broad SMARTS) is 1. The van der Waals surface area contributed by atoms with E-state index in [-0.39, 0.29) is 24.3 Å². The maximum atomic E-state index is 12.1. The first-order chi connectivity index (χ1) is 9.56. The van der Waals surface area contributed by atoms with E-state index < -0.39 is 5.97 Å². The van der Waals surface area contributed by atoms with E-state index in [0.29, 0.717) is 6.42 Å². The molecule has 20 heavy (non-hydrogen) atoms. The number of carboxylic acids is 1. The molecule has 2 atom stereocenters. The van der Waals surface area contributed by atoms with Gasteiger partial charge in [0, 0.05) is 18.2 Å². The lowest BCUT2D eigenvalue weighted by atomic mass is 10.0. The van der Waals surface area contributed by atoms with Crippen LogP contribution in [0.1, 0.15) is 25.3 Å². The highest BCUT2D eigenvalue weighted by atomic mass is 16.4. The predicted molar refractivity (Wildman–Crippen MR) is 76.6 cm³/mol. The van der Waals surface area contributed by atoms with Crippen LogP contribution in [0.2, 0.25) is 0 Å². The van der Waals surface area contributed by atoms with Crippen molar-refractivity contribution in [3.8, 4) is 0 Å². The van der Waals surface area contributed by atoms with Crippen molar-refractivity contribution in [3.63, 3.8) is 0 Å². The van der Waals surface area contributed by atoms with Gasteiger partial charge in [-0.25, -0.2) is 0 Å². The Kier molecular flexibility index (Phi) is 4.74. The third kappa shape index (κ3) is 3.81. The number of rotatable bonds is 5. The highest BCUT2D eigenvalue weighted by Crippen LogP contribution is 2.18. The van der Waals surface area contributed by atoms with Crippen LogP contribution in [0.5, 0.6) is 0 Å². The van der Waals surface area contributed by atoms with Gasteiger partial charge >= 0.3 is 5.97 Å². The van der Waals surface area contributed by atoms with Crippen LogP contribution >= 0.6 is 0 Å². The Morgan fingerprint density at radius 2 is 2.05 bits per heavy atom. The van der Waals surface area contributed by atoms with Crippen molar-refractivity contribution in [2.24, 2.45) is 5.92 Å². The van der Waals surface area contributed by atoms with Crippen LogP contribution in [0.25, 0.3) is 0 Å². The molecule has 0 spiro atoms. The number of amides is 1. The van der Waals surface area contributed by atoms with E-state index in [1.165, 1.54) is 0 Å². The second-order valence-corrected chi connectivity index (χ2v) is 5.22. The van der Waals surface area contributed by atoms with Gasteiger partial charge in [0.1, 0.15) is 0 Å². The largest absolute Gasteiger partial charge is 0.481 e. The van der Waals surface area contributed by atoms with Crippen LogP contribution in [-0.2, 0) is 16.0 Å². The lowest BCUT2D eigenvalue weighted by molar-refractivity contribution is -0.137. The van der Waals surface area contributed by atoms with E-state index in [2.05, 4.69) is 10.6 Å². The SMILES string of the molecule is CC1NCCC1C(=O)Nc1ccc(CCC(=O)O)cc1. The molecule has 0 aliphatic carbocycles. The van der Waals surface area contributed by atoms with Crippen LogP contribution in [0.3, 0.4) is 0 Å². The molecule has 1 aliphatic heterocycles. The van der Waals surface area contributed by atoms with Gasteiger partial charge in [-0.3, -0.25) is 9.59 Å². The minimum absolute atomic E-state index is 0.0155. The molecule has 1 aromatic rings. The van der Waals surface area contributed by atoms with E-state index in [9.17, 15) is 9.59 Å². The molecule has 5 heteroatoms. The number of carbonyl (C=O) groups excluding carboxylic acids is 1. The molecule has 0 aromatic heterocycles. The van der Waals surface area contributed by atoms with E-state index >= 15 is 0 Å². The molecule has 0 radical (unpaired) electrons. The standard InChI is InChI=1S/C15H20N2O3/c1-10-13(8-9-16-10)15(20)17-12-5-2-11(3-6-12)4-7-14(18)19/h2-3,5-6,10,13,16H,4,7-9H2,1H3,(H,17,20)(H,18,19). The van der Waals surface area contributed by atoms with Crippen LogP contribution < -0.4 is 10.6 Å². The molecular weight excluding hydrogens is 256 g/mol. The summed E-state index contributed by atoms with van der Waals surface area (Å²) in [6.45, 7) is 2.90. The number of benzene rings is 1. The van der Waals surface area contributed by atoms with E-state index in [0.717, 1.165) is 24.2 Å². The molecule has 0 saturated carbocycles. The quantitative estimate of drug-likeness (QED) is 0.764. The number of hydrogen-bond donors (Lipinski definition) is 3. The maximum absolute atomic E-state index is 12.1. The topological polar surface area (TPSA) is 78.4 Å². The summed E-state index contributed by atoms with van der Waals surface area (Å²) in [5.74, 6) is -0.743. The first kappa shape index (κ1) is 14.5. The Hall–Kier alpha value is -1.88. The predicted octanol–water partition coefficient (Wildman–Crippen LogP) is 1.64. The fraction of sp³-hybridized carbons (Fsp3) is 0.467. The normalized spacial score (nSPS) is 21.6. The Balaban J connectivity index is 1.90. The zero-order valence-corrected chi connectivity index (χ0v) is 11.6. The van der Waals surface area contributed by atoms with Crippen molar-refractivity contribution in [3.05, 3.63) is 29.8 Å². The van der Waals surface area contributed by atoms with Crippen molar-refractivity contribution in [1.29, 1.82) is 0 Å². The van der Waals surface area contributed by atoms with Gasteiger partial charge in [0.25, 0.3) is 0 Å². The molecule has 2 rings (SSSR count). The first-order valence-corrected chi connectivity index (χ1v) is 6.91.